The first-order chi connectivity index (χ1) is 10.1. The van der Waals surface area contributed by atoms with Gasteiger partial charge in [-0.25, -0.2) is 0 Å². The van der Waals surface area contributed by atoms with Crippen molar-refractivity contribution in [3.63, 3.8) is 0 Å². The van der Waals surface area contributed by atoms with Crippen molar-refractivity contribution < 1.29 is 0 Å². The number of thioether (sulfide) groups is 1. The first-order valence-electron chi connectivity index (χ1n) is 6.91. The highest BCUT2D eigenvalue weighted by atomic mass is 35.5. The summed E-state index contributed by atoms with van der Waals surface area (Å²) in [5, 5.41) is 9.23. The molecule has 0 amide bonds. The molecular weight excluding hydrogens is 325 g/mol. The molecule has 1 heterocycles. The van der Waals surface area contributed by atoms with Crippen molar-refractivity contribution in [1.82, 2.24) is 15.1 Å². The number of hydrogen-bond acceptors (Lipinski definition) is 3. The van der Waals surface area contributed by atoms with Crippen molar-refractivity contribution >= 4 is 35.0 Å². The van der Waals surface area contributed by atoms with E-state index in [0.29, 0.717) is 5.02 Å². The molecule has 2 rings (SSSR count). The predicted octanol–water partition coefficient (Wildman–Crippen LogP) is 4.56. The topological polar surface area (TPSA) is 29.9 Å². The SMILES string of the molecule is CCCNC(CSc1cccc(Cl)c1)c1c(Cl)cnn1C. The van der Waals surface area contributed by atoms with Crippen molar-refractivity contribution in [3.8, 4) is 0 Å². The third-order valence-electron chi connectivity index (χ3n) is 3.12. The van der Waals surface area contributed by atoms with Crippen LogP contribution in [0.4, 0.5) is 0 Å². The summed E-state index contributed by atoms with van der Waals surface area (Å²) in [6, 6.07) is 8.06. The quantitative estimate of drug-likeness (QED) is 0.747. The van der Waals surface area contributed by atoms with Crippen LogP contribution in [0.25, 0.3) is 0 Å². The number of halogens is 2. The van der Waals surface area contributed by atoms with Gasteiger partial charge in [-0.2, -0.15) is 5.10 Å². The van der Waals surface area contributed by atoms with Gasteiger partial charge in [0.15, 0.2) is 0 Å². The number of aryl methyl sites for hydroxylation is 1. The summed E-state index contributed by atoms with van der Waals surface area (Å²) in [5.41, 5.74) is 1.03. The average molecular weight is 344 g/mol. The van der Waals surface area contributed by atoms with Crippen LogP contribution in [-0.2, 0) is 7.05 Å². The zero-order valence-electron chi connectivity index (χ0n) is 12.1. The van der Waals surface area contributed by atoms with E-state index in [2.05, 4.69) is 23.4 Å². The molecule has 1 aromatic heterocycles. The van der Waals surface area contributed by atoms with Gasteiger partial charge < -0.3 is 5.32 Å². The molecular formula is C15H19Cl2N3S. The zero-order chi connectivity index (χ0) is 15.2. The van der Waals surface area contributed by atoms with Crippen molar-refractivity contribution in [1.29, 1.82) is 0 Å². The molecule has 0 saturated heterocycles. The second kappa shape index (κ2) is 8.08. The number of benzene rings is 1. The predicted molar refractivity (Wildman–Crippen MR) is 91.4 cm³/mol. The minimum absolute atomic E-state index is 0.161. The van der Waals surface area contributed by atoms with Crippen LogP contribution in [0.1, 0.15) is 25.1 Å². The van der Waals surface area contributed by atoms with Crippen LogP contribution < -0.4 is 5.32 Å². The smallest absolute Gasteiger partial charge is 0.0834 e. The van der Waals surface area contributed by atoms with Gasteiger partial charge in [0.05, 0.1) is 23.0 Å². The van der Waals surface area contributed by atoms with Gasteiger partial charge >= 0.3 is 0 Å². The third-order valence-corrected chi connectivity index (χ3v) is 4.73. The van der Waals surface area contributed by atoms with E-state index in [1.54, 1.807) is 18.0 Å². The summed E-state index contributed by atoms with van der Waals surface area (Å²) in [7, 11) is 1.92. The molecule has 1 unspecified atom stereocenters. The molecule has 0 aliphatic carbocycles. The molecule has 0 aliphatic rings. The van der Waals surface area contributed by atoms with Crippen LogP contribution in [0.2, 0.25) is 10.0 Å². The minimum atomic E-state index is 0.161. The molecule has 0 aliphatic heterocycles. The third kappa shape index (κ3) is 4.65. The lowest BCUT2D eigenvalue weighted by atomic mass is 10.2. The second-order valence-corrected chi connectivity index (χ2v) is 6.71. The lowest BCUT2D eigenvalue weighted by Gasteiger charge is -2.19. The highest BCUT2D eigenvalue weighted by Crippen LogP contribution is 2.29. The van der Waals surface area contributed by atoms with Crippen molar-refractivity contribution in [3.05, 3.63) is 46.2 Å². The largest absolute Gasteiger partial charge is 0.308 e. The fourth-order valence-electron chi connectivity index (χ4n) is 2.10. The highest BCUT2D eigenvalue weighted by molar-refractivity contribution is 7.99. The first kappa shape index (κ1) is 16.7. The van der Waals surface area contributed by atoms with E-state index in [-0.39, 0.29) is 6.04 Å². The fraction of sp³-hybridized carbons (Fsp3) is 0.400. The average Bonchev–Trinajstić information content (AvgIpc) is 2.79. The number of aromatic nitrogens is 2. The van der Waals surface area contributed by atoms with Crippen LogP contribution in [0, 0.1) is 0 Å². The van der Waals surface area contributed by atoms with E-state index in [4.69, 9.17) is 23.2 Å². The van der Waals surface area contributed by atoms with Gasteiger partial charge in [-0.15, -0.1) is 11.8 Å². The van der Waals surface area contributed by atoms with E-state index >= 15 is 0 Å². The van der Waals surface area contributed by atoms with Gasteiger partial charge in [0.1, 0.15) is 0 Å². The fourth-order valence-corrected chi connectivity index (χ4v) is 3.67. The molecule has 3 nitrogen and oxygen atoms in total. The van der Waals surface area contributed by atoms with E-state index in [0.717, 1.165) is 34.3 Å². The molecule has 0 radical (unpaired) electrons. The second-order valence-electron chi connectivity index (χ2n) is 4.78. The summed E-state index contributed by atoms with van der Waals surface area (Å²) < 4.78 is 1.84. The lowest BCUT2D eigenvalue weighted by molar-refractivity contribution is 0.535. The van der Waals surface area contributed by atoms with Gasteiger partial charge in [0, 0.05) is 22.7 Å². The van der Waals surface area contributed by atoms with E-state index in [1.807, 2.05) is 29.9 Å². The Morgan fingerprint density at radius 2 is 2.19 bits per heavy atom. The monoisotopic (exact) mass is 343 g/mol. The molecule has 6 heteroatoms. The first-order valence-corrected chi connectivity index (χ1v) is 8.65. The Morgan fingerprint density at radius 1 is 1.38 bits per heavy atom. The summed E-state index contributed by atoms with van der Waals surface area (Å²) in [4.78, 5) is 1.16. The normalized spacial score (nSPS) is 12.6. The maximum atomic E-state index is 6.27. The van der Waals surface area contributed by atoms with E-state index in [9.17, 15) is 0 Å². The maximum Gasteiger partial charge on any atom is 0.0834 e. The molecule has 2 aromatic rings. The standard InChI is InChI=1S/C15H19Cl2N3S/c1-3-7-18-14(15-13(17)9-19-20(15)2)10-21-12-6-4-5-11(16)8-12/h4-6,8-9,14,18H,3,7,10H2,1-2H3. The van der Waals surface area contributed by atoms with E-state index < -0.39 is 0 Å². The Hall–Kier alpha value is -0.680. The molecule has 0 saturated carbocycles. The van der Waals surface area contributed by atoms with Crippen molar-refractivity contribution in [2.75, 3.05) is 12.3 Å². The van der Waals surface area contributed by atoms with Crippen LogP contribution in [-0.4, -0.2) is 22.1 Å². The van der Waals surface area contributed by atoms with Gasteiger partial charge in [0.25, 0.3) is 0 Å². The highest BCUT2D eigenvalue weighted by Gasteiger charge is 2.18. The molecule has 114 valence electrons. The van der Waals surface area contributed by atoms with Crippen LogP contribution >= 0.6 is 35.0 Å². The molecule has 0 fully saturated rings. The summed E-state index contributed by atoms with van der Waals surface area (Å²) >= 11 is 14.1. The van der Waals surface area contributed by atoms with Gasteiger partial charge in [0.2, 0.25) is 0 Å². The molecule has 21 heavy (non-hydrogen) atoms. The minimum Gasteiger partial charge on any atom is -0.308 e. The lowest BCUT2D eigenvalue weighted by Crippen LogP contribution is -2.26. The van der Waals surface area contributed by atoms with Crippen molar-refractivity contribution in [2.45, 2.75) is 24.3 Å². The van der Waals surface area contributed by atoms with Crippen LogP contribution in [0.3, 0.4) is 0 Å². The number of nitrogens with zero attached hydrogens (tertiary/aromatic N) is 2. The van der Waals surface area contributed by atoms with E-state index in [1.165, 1.54) is 0 Å². The number of nitrogens with one attached hydrogen (secondary N) is 1. The number of rotatable bonds is 7. The summed E-state index contributed by atoms with van der Waals surface area (Å²) in [6.07, 6.45) is 2.77. The van der Waals surface area contributed by atoms with Crippen molar-refractivity contribution in [2.24, 2.45) is 7.05 Å². The summed E-state index contributed by atoms with van der Waals surface area (Å²) in [6.45, 7) is 3.10. The molecule has 0 spiro atoms. The Balaban J connectivity index is 2.10. The summed E-state index contributed by atoms with van der Waals surface area (Å²) in [5.74, 6) is 0.875. The Kier molecular flexibility index (Phi) is 6.42. The maximum absolute atomic E-state index is 6.27. The Bertz CT molecular complexity index is 567. The van der Waals surface area contributed by atoms with Crippen LogP contribution in [0.15, 0.2) is 35.4 Å². The van der Waals surface area contributed by atoms with Gasteiger partial charge in [-0.3, -0.25) is 4.68 Å². The molecule has 1 aromatic carbocycles. The zero-order valence-corrected chi connectivity index (χ0v) is 14.5. The van der Waals surface area contributed by atoms with Gasteiger partial charge in [-0.1, -0.05) is 36.2 Å². The number of hydrogen-bond donors (Lipinski definition) is 1. The Morgan fingerprint density at radius 3 is 2.81 bits per heavy atom. The molecule has 1 N–H and O–H groups in total. The Labute approximate surface area is 140 Å². The van der Waals surface area contributed by atoms with Crippen LogP contribution in [0.5, 0.6) is 0 Å². The molecule has 1 atom stereocenters. The van der Waals surface area contributed by atoms with Gasteiger partial charge in [-0.05, 0) is 31.2 Å². The molecule has 0 bridgehead atoms.